The van der Waals surface area contributed by atoms with Crippen LogP contribution in [-0.4, -0.2) is 48.7 Å². The number of carboxylic acids is 1. The SMILES string of the molecule is CCN(CC)C(CNC)C(=O)O.Cl. The van der Waals surface area contributed by atoms with Crippen LogP contribution in [0.1, 0.15) is 13.8 Å². The summed E-state index contributed by atoms with van der Waals surface area (Å²) < 4.78 is 0. The Bertz CT molecular complexity index is 140. The molecule has 5 heteroatoms. The molecule has 0 spiro atoms. The fourth-order valence-electron chi connectivity index (χ4n) is 1.23. The predicted octanol–water partition coefficient (Wildman–Crippen LogP) is 0.423. The summed E-state index contributed by atoms with van der Waals surface area (Å²) in [6.07, 6.45) is 0. The van der Waals surface area contributed by atoms with Gasteiger partial charge in [0.15, 0.2) is 0 Å². The van der Waals surface area contributed by atoms with Crippen molar-refractivity contribution in [3.05, 3.63) is 0 Å². The number of likely N-dealkylation sites (N-methyl/N-ethyl adjacent to an activating group) is 2. The van der Waals surface area contributed by atoms with Gasteiger partial charge in [-0.2, -0.15) is 0 Å². The van der Waals surface area contributed by atoms with Gasteiger partial charge in [0.25, 0.3) is 0 Å². The third kappa shape index (κ3) is 5.08. The van der Waals surface area contributed by atoms with Gasteiger partial charge in [0.1, 0.15) is 6.04 Å². The van der Waals surface area contributed by atoms with E-state index in [1.807, 2.05) is 18.7 Å². The molecule has 4 nitrogen and oxygen atoms in total. The van der Waals surface area contributed by atoms with E-state index in [9.17, 15) is 4.79 Å². The number of rotatable bonds is 6. The zero-order valence-electron chi connectivity index (χ0n) is 8.41. The molecule has 0 heterocycles. The minimum atomic E-state index is -0.756. The van der Waals surface area contributed by atoms with Crippen LogP contribution in [0.2, 0.25) is 0 Å². The Morgan fingerprint density at radius 3 is 2.15 bits per heavy atom. The summed E-state index contributed by atoms with van der Waals surface area (Å²) in [7, 11) is 1.76. The minimum absolute atomic E-state index is 0. The van der Waals surface area contributed by atoms with E-state index in [-0.39, 0.29) is 12.4 Å². The van der Waals surface area contributed by atoms with Gasteiger partial charge in [-0.25, -0.2) is 0 Å². The van der Waals surface area contributed by atoms with Gasteiger partial charge in [0.2, 0.25) is 0 Å². The second kappa shape index (κ2) is 8.29. The molecule has 0 aliphatic rings. The first kappa shape index (κ1) is 15.2. The van der Waals surface area contributed by atoms with E-state index >= 15 is 0 Å². The molecule has 0 saturated carbocycles. The van der Waals surface area contributed by atoms with E-state index in [1.165, 1.54) is 0 Å². The highest BCUT2D eigenvalue weighted by Crippen LogP contribution is 1.97. The van der Waals surface area contributed by atoms with Gasteiger partial charge in [-0.3, -0.25) is 9.69 Å². The molecule has 0 aromatic carbocycles. The topological polar surface area (TPSA) is 52.6 Å². The first-order chi connectivity index (χ1) is 5.67. The van der Waals surface area contributed by atoms with E-state index in [1.54, 1.807) is 7.05 Å². The maximum Gasteiger partial charge on any atom is 0.322 e. The molecule has 13 heavy (non-hydrogen) atoms. The number of halogens is 1. The van der Waals surface area contributed by atoms with Crippen LogP contribution < -0.4 is 5.32 Å². The third-order valence-corrected chi connectivity index (χ3v) is 1.94. The van der Waals surface area contributed by atoms with Crippen LogP contribution in [0, 0.1) is 0 Å². The Balaban J connectivity index is 0. The maximum atomic E-state index is 10.8. The number of nitrogens with zero attached hydrogens (tertiary/aromatic N) is 1. The van der Waals surface area contributed by atoms with Crippen molar-refractivity contribution in [3.63, 3.8) is 0 Å². The third-order valence-electron chi connectivity index (χ3n) is 1.94. The Hall–Kier alpha value is -0.320. The molecule has 0 bridgehead atoms. The van der Waals surface area contributed by atoms with Gasteiger partial charge in [-0.1, -0.05) is 13.8 Å². The molecule has 0 fully saturated rings. The largest absolute Gasteiger partial charge is 0.480 e. The molecule has 2 N–H and O–H groups in total. The summed E-state index contributed by atoms with van der Waals surface area (Å²) >= 11 is 0. The van der Waals surface area contributed by atoms with Crippen molar-refractivity contribution in [3.8, 4) is 0 Å². The number of hydrogen-bond donors (Lipinski definition) is 2. The van der Waals surface area contributed by atoms with E-state index in [0.717, 1.165) is 13.1 Å². The molecule has 0 aliphatic carbocycles. The van der Waals surface area contributed by atoms with E-state index in [4.69, 9.17) is 5.11 Å². The number of carboxylic acid groups (broad SMARTS) is 1. The maximum absolute atomic E-state index is 10.8. The van der Waals surface area contributed by atoms with Crippen molar-refractivity contribution >= 4 is 18.4 Å². The van der Waals surface area contributed by atoms with Crippen molar-refractivity contribution in [2.24, 2.45) is 0 Å². The first-order valence-electron chi connectivity index (χ1n) is 4.28. The van der Waals surface area contributed by atoms with Gasteiger partial charge in [0, 0.05) is 6.54 Å². The van der Waals surface area contributed by atoms with Crippen molar-refractivity contribution in [2.45, 2.75) is 19.9 Å². The summed E-state index contributed by atoms with van der Waals surface area (Å²) in [5.41, 5.74) is 0. The smallest absolute Gasteiger partial charge is 0.322 e. The van der Waals surface area contributed by atoms with E-state index in [2.05, 4.69) is 5.32 Å². The lowest BCUT2D eigenvalue weighted by Gasteiger charge is -2.25. The molecule has 0 saturated heterocycles. The lowest BCUT2D eigenvalue weighted by atomic mass is 10.2. The lowest BCUT2D eigenvalue weighted by Crippen LogP contribution is -2.46. The summed E-state index contributed by atoms with van der Waals surface area (Å²) in [5, 5.41) is 11.7. The molecule has 0 rings (SSSR count). The monoisotopic (exact) mass is 210 g/mol. The van der Waals surface area contributed by atoms with Crippen LogP contribution in [0.25, 0.3) is 0 Å². The second-order valence-corrected chi connectivity index (χ2v) is 2.63. The lowest BCUT2D eigenvalue weighted by molar-refractivity contribution is -0.143. The predicted molar refractivity (Wildman–Crippen MR) is 55.5 cm³/mol. The molecule has 0 aromatic rings. The normalized spacial score (nSPS) is 12.3. The summed E-state index contributed by atoms with van der Waals surface area (Å²) in [5.74, 6) is -0.756. The Morgan fingerprint density at radius 1 is 1.46 bits per heavy atom. The summed E-state index contributed by atoms with van der Waals surface area (Å²) in [6.45, 7) is 5.98. The molecular formula is C8H19ClN2O2. The highest BCUT2D eigenvalue weighted by Gasteiger charge is 2.21. The fourth-order valence-corrected chi connectivity index (χ4v) is 1.23. The van der Waals surface area contributed by atoms with E-state index < -0.39 is 12.0 Å². The fraction of sp³-hybridized carbons (Fsp3) is 0.875. The van der Waals surface area contributed by atoms with Crippen LogP contribution in [-0.2, 0) is 4.79 Å². The standard InChI is InChI=1S/C8H18N2O2.ClH/c1-4-10(5-2)7(6-9-3)8(11)12;/h7,9H,4-6H2,1-3H3,(H,11,12);1H. The zero-order valence-corrected chi connectivity index (χ0v) is 9.23. The zero-order chi connectivity index (χ0) is 9.56. The van der Waals surface area contributed by atoms with Crippen LogP contribution in [0.4, 0.5) is 0 Å². The van der Waals surface area contributed by atoms with Crippen LogP contribution in [0.15, 0.2) is 0 Å². The van der Waals surface area contributed by atoms with Gasteiger partial charge < -0.3 is 10.4 Å². The number of aliphatic carboxylic acids is 1. The van der Waals surface area contributed by atoms with Crippen molar-refractivity contribution < 1.29 is 9.90 Å². The highest BCUT2D eigenvalue weighted by atomic mass is 35.5. The molecule has 0 aliphatic heterocycles. The minimum Gasteiger partial charge on any atom is -0.480 e. The van der Waals surface area contributed by atoms with Gasteiger partial charge in [0.05, 0.1) is 0 Å². The van der Waals surface area contributed by atoms with Crippen molar-refractivity contribution in [1.82, 2.24) is 10.2 Å². The molecule has 80 valence electrons. The average Bonchev–Trinajstić information content (AvgIpc) is 2.05. The number of hydrogen-bond acceptors (Lipinski definition) is 3. The van der Waals surface area contributed by atoms with Crippen molar-refractivity contribution in [1.29, 1.82) is 0 Å². The Kier molecular flexibility index (Phi) is 9.67. The van der Waals surface area contributed by atoms with Gasteiger partial charge >= 0.3 is 5.97 Å². The first-order valence-corrected chi connectivity index (χ1v) is 4.28. The van der Waals surface area contributed by atoms with Crippen molar-refractivity contribution in [2.75, 3.05) is 26.7 Å². The van der Waals surface area contributed by atoms with Crippen LogP contribution in [0.3, 0.4) is 0 Å². The molecule has 1 unspecified atom stereocenters. The van der Waals surface area contributed by atoms with Crippen LogP contribution >= 0.6 is 12.4 Å². The molecular weight excluding hydrogens is 192 g/mol. The number of carbonyl (C=O) groups is 1. The summed E-state index contributed by atoms with van der Waals surface area (Å²) in [6, 6.07) is -0.398. The molecule has 1 atom stereocenters. The molecule has 0 radical (unpaired) electrons. The van der Waals surface area contributed by atoms with Gasteiger partial charge in [-0.15, -0.1) is 12.4 Å². The highest BCUT2D eigenvalue weighted by molar-refractivity contribution is 5.85. The van der Waals surface area contributed by atoms with Gasteiger partial charge in [-0.05, 0) is 20.1 Å². The Morgan fingerprint density at radius 2 is 1.92 bits per heavy atom. The molecule has 0 amide bonds. The summed E-state index contributed by atoms with van der Waals surface area (Å²) in [4.78, 5) is 12.7. The van der Waals surface area contributed by atoms with Crippen LogP contribution in [0.5, 0.6) is 0 Å². The Labute approximate surface area is 85.7 Å². The second-order valence-electron chi connectivity index (χ2n) is 2.63. The van der Waals surface area contributed by atoms with E-state index in [0.29, 0.717) is 6.54 Å². The quantitative estimate of drug-likeness (QED) is 0.668. The number of nitrogens with one attached hydrogen (secondary N) is 1. The molecule has 0 aromatic heterocycles. The average molecular weight is 211 g/mol.